The average Bonchev–Trinajstić information content (AvgIpc) is 3.48. The van der Waals surface area contributed by atoms with Gasteiger partial charge >= 0.3 is 5.97 Å². The predicted molar refractivity (Wildman–Crippen MR) is 109 cm³/mol. The molecule has 2 fully saturated rings. The third-order valence-electron chi connectivity index (χ3n) is 5.39. The number of halogens is 1. The summed E-state index contributed by atoms with van der Waals surface area (Å²) >= 11 is 4.66. The first kappa shape index (κ1) is 21.0. The van der Waals surface area contributed by atoms with E-state index in [1.807, 2.05) is 6.08 Å². The second-order valence-corrected chi connectivity index (χ2v) is 8.37. The average molecular weight is 407 g/mol. The molecule has 1 heterocycles. The lowest BCUT2D eigenvalue weighted by molar-refractivity contribution is -0.137. The molecular weight excluding hydrogens is 379 g/mol. The summed E-state index contributed by atoms with van der Waals surface area (Å²) in [4.78, 5) is 27.6. The van der Waals surface area contributed by atoms with E-state index < -0.39 is 12.0 Å². The molecule has 2 unspecified atom stereocenters. The molecule has 2 atom stereocenters. The topological polar surface area (TPSA) is 60.9 Å². The lowest BCUT2D eigenvalue weighted by Crippen LogP contribution is -2.43. The van der Waals surface area contributed by atoms with Gasteiger partial charge in [0, 0.05) is 36.4 Å². The minimum atomic E-state index is -0.872. The summed E-state index contributed by atoms with van der Waals surface area (Å²) in [6.07, 6.45) is 4.53. The summed E-state index contributed by atoms with van der Waals surface area (Å²) in [6, 6.07) is 5.95. The second kappa shape index (κ2) is 9.20. The molecule has 0 aromatic heterocycles. The predicted octanol–water partition coefficient (Wildman–Crippen LogP) is 2.79. The Kier molecular flexibility index (Phi) is 6.91. The Hall–Kier alpha value is -1.70. The van der Waals surface area contributed by atoms with E-state index in [1.165, 1.54) is 6.07 Å². The lowest BCUT2D eigenvalue weighted by atomic mass is 9.93. The van der Waals surface area contributed by atoms with Gasteiger partial charge in [0.05, 0.1) is 12.6 Å². The quantitative estimate of drug-likeness (QED) is 0.514. The van der Waals surface area contributed by atoms with Gasteiger partial charge in [-0.2, -0.15) is 12.6 Å². The zero-order valence-corrected chi connectivity index (χ0v) is 16.9. The molecule has 0 bridgehead atoms. The van der Waals surface area contributed by atoms with Gasteiger partial charge in [-0.15, -0.1) is 0 Å². The van der Waals surface area contributed by atoms with Crippen molar-refractivity contribution in [3.63, 3.8) is 0 Å². The summed E-state index contributed by atoms with van der Waals surface area (Å²) in [6.45, 7) is 1.66. The standard InChI is InChI=1S/C21H27FN2O3S/c1-23(13-19(25)26)10-8-15-12-24(11-9-18(15)28)20(21(27)14-6-7-14)16-4-2-3-5-17(16)22/h2-5,8,14,18,20,28H,6-7,9-13H2,1H3,(H,25,26). The smallest absolute Gasteiger partial charge is 0.317 e. The largest absolute Gasteiger partial charge is 0.480 e. The summed E-state index contributed by atoms with van der Waals surface area (Å²) in [5.74, 6) is -1.08. The highest BCUT2D eigenvalue weighted by Gasteiger charge is 2.40. The molecule has 0 radical (unpaired) electrons. The van der Waals surface area contributed by atoms with Crippen molar-refractivity contribution in [3.05, 3.63) is 47.3 Å². The molecule has 28 heavy (non-hydrogen) atoms. The van der Waals surface area contributed by atoms with Gasteiger partial charge in [0.25, 0.3) is 0 Å². The van der Waals surface area contributed by atoms with E-state index in [2.05, 4.69) is 17.5 Å². The molecule has 3 rings (SSSR count). The van der Waals surface area contributed by atoms with Crippen LogP contribution in [0.15, 0.2) is 35.9 Å². The Labute approximate surface area is 170 Å². The number of carboxylic acid groups (broad SMARTS) is 1. The van der Waals surface area contributed by atoms with Crippen LogP contribution in [0.5, 0.6) is 0 Å². The van der Waals surface area contributed by atoms with Gasteiger partial charge in [-0.1, -0.05) is 24.3 Å². The van der Waals surface area contributed by atoms with Crippen LogP contribution in [0.3, 0.4) is 0 Å². The Morgan fingerprint density at radius 3 is 2.71 bits per heavy atom. The van der Waals surface area contributed by atoms with Crippen molar-refractivity contribution >= 4 is 24.4 Å². The number of carboxylic acids is 1. The number of Topliss-reactive ketones (excluding diaryl/α,β-unsaturated/α-hetero) is 1. The second-order valence-electron chi connectivity index (χ2n) is 7.75. The van der Waals surface area contributed by atoms with Crippen molar-refractivity contribution < 1.29 is 19.1 Å². The first-order chi connectivity index (χ1) is 13.4. The molecule has 1 aliphatic heterocycles. The Morgan fingerprint density at radius 2 is 2.07 bits per heavy atom. The molecule has 1 saturated heterocycles. The summed E-state index contributed by atoms with van der Waals surface area (Å²) in [7, 11) is 1.75. The number of carbonyl (C=O) groups excluding carboxylic acids is 1. The molecule has 1 saturated carbocycles. The van der Waals surface area contributed by atoms with Crippen LogP contribution >= 0.6 is 12.6 Å². The van der Waals surface area contributed by atoms with Crippen LogP contribution < -0.4 is 0 Å². The molecule has 0 amide bonds. The third kappa shape index (κ3) is 5.21. The van der Waals surface area contributed by atoms with Crippen molar-refractivity contribution in [1.82, 2.24) is 9.80 Å². The molecule has 152 valence electrons. The zero-order chi connectivity index (χ0) is 20.3. The number of piperidine rings is 1. The van der Waals surface area contributed by atoms with Crippen LogP contribution in [0, 0.1) is 11.7 Å². The Balaban J connectivity index is 1.79. The Bertz CT molecular complexity index is 766. The molecule has 2 aliphatic rings. The highest BCUT2D eigenvalue weighted by atomic mass is 32.1. The van der Waals surface area contributed by atoms with Gasteiger partial charge in [0.15, 0.2) is 5.78 Å². The minimum absolute atomic E-state index is 0.0347. The number of hydrogen-bond acceptors (Lipinski definition) is 5. The number of nitrogens with zero attached hydrogens (tertiary/aromatic N) is 2. The van der Waals surface area contributed by atoms with E-state index in [1.54, 1.807) is 30.1 Å². The van der Waals surface area contributed by atoms with Crippen LogP contribution in [-0.4, -0.2) is 65.1 Å². The SMILES string of the molecule is CN(CC=C1CN(C(C(=O)C2CC2)c2ccccc2F)CCC1S)CC(=O)O. The first-order valence-electron chi connectivity index (χ1n) is 9.66. The van der Waals surface area contributed by atoms with E-state index in [0.717, 1.165) is 24.8 Å². The number of aliphatic carboxylic acids is 1. The maximum atomic E-state index is 14.5. The summed E-state index contributed by atoms with van der Waals surface area (Å²) in [5.41, 5.74) is 1.50. The number of thiol groups is 1. The number of likely N-dealkylation sites (N-methyl/N-ethyl adjacent to an activating group) is 1. The van der Waals surface area contributed by atoms with Crippen LogP contribution in [0.1, 0.15) is 30.9 Å². The molecule has 0 spiro atoms. The van der Waals surface area contributed by atoms with Crippen LogP contribution in [0.4, 0.5) is 4.39 Å². The number of hydrogen-bond donors (Lipinski definition) is 2. The first-order valence-corrected chi connectivity index (χ1v) is 10.2. The fourth-order valence-electron chi connectivity index (χ4n) is 3.70. The summed E-state index contributed by atoms with van der Waals surface area (Å²) in [5, 5.41) is 8.96. The maximum absolute atomic E-state index is 14.5. The maximum Gasteiger partial charge on any atom is 0.317 e. The van der Waals surface area contributed by atoms with E-state index >= 15 is 0 Å². The molecule has 1 aromatic rings. The van der Waals surface area contributed by atoms with E-state index in [9.17, 15) is 14.0 Å². The van der Waals surface area contributed by atoms with Crippen LogP contribution in [-0.2, 0) is 9.59 Å². The number of likely N-dealkylation sites (tertiary alicyclic amines) is 1. The fraction of sp³-hybridized carbons (Fsp3) is 0.524. The molecular formula is C21H27FN2O3S. The normalized spacial score (nSPS) is 23.1. The summed E-state index contributed by atoms with van der Waals surface area (Å²) < 4.78 is 14.5. The van der Waals surface area contributed by atoms with Crippen molar-refractivity contribution in [1.29, 1.82) is 0 Å². The molecule has 1 aliphatic carbocycles. The number of carbonyl (C=O) groups is 2. The van der Waals surface area contributed by atoms with E-state index in [-0.39, 0.29) is 29.3 Å². The number of rotatable bonds is 8. The van der Waals surface area contributed by atoms with Gasteiger partial charge < -0.3 is 5.11 Å². The van der Waals surface area contributed by atoms with Gasteiger partial charge in [0.1, 0.15) is 5.82 Å². The van der Waals surface area contributed by atoms with E-state index in [4.69, 9.17) is 5.11 Å². The molecule has 5 nitrogen and oxygen atoms in total. The van der Waals surface area contributed by atoms with Crippen molar-refractivity contribution in [2.75, 3.05) is 33.2 Å². The van der Waals surface area contributed by atoms with Gasteiger partial charge in [0.2, 0.25) is 0 Å². The fourth-order valence-corrected chi connectivity index (χ4v) is 4.00. The lowest BCUT2D eigenvalue weighted by Gasteiger charge is -2.38. The van der Waals surface area contributed by atoms with Gasteiger partial charge in [-0.3, -0.25) is 19.4 Å². The highest BCUT2D eigenvalue weighted by molar-refractivity contribution is 7.81. The zero-order valence-electron chi connectivity index (χ0n) is 16.1. The monoisotopic (exact) mass is 406 g/mol. The number of benzene rings is 1. The third-order valence-corrected chi connectivity index (χ3v) is 5.98. The van der Waals surface area contributed by atoms with Crippen molar-refractivity contribution in [2.24, 2.45) is 5.92 Å². The highest BCUT2D eigenvalue weighted by Crippen LogP contribution is 2.39. The van der Waals surface area contributed by atoms with Crippen molar-refractivity contribution in [2.45, 2.75) is 30.6 Å². The Morgan fingerprint density at radius 1 is 1.36 bits per heavy atom. The van der Waals surface area contributed by atoms with E-state index in [0.29, 0.717) is 25.2 Å². The molecule has 1 aromatic carbocycles. The van der Waals surface area contributed by atoms with Crippen LogP contribution in [0.2, 0.25) is 0 Å². The minimum Gasteiger partial charge on any atom is -0.480 e. The van der Waals surface area contributed by atoms with Crippen LogP contribution in [0.25, 0.3) is 0 Å². The molecule has 7 heteroatoms. The molecule has 1 N–H and O–H groups in total. The van der Waals surface area contributed by atoms with Crippen molar-refractivity contribution in [3.8, 4) is 0 Å². The van der Waals surface area contributed by atoms with Gasteiger partial charge in [-0.05, 0) is 37.9 Å². The van der Waals surface area contributed by atoms with Gasteiger partial charge in [-0.25, -0.2) is 4.39 Å². The number of ketones is 1.